The van der Waals surface area contributed by atoms with Gasteiger partial charge in [-0.2, -0.15) is 0 Å². The van der Waals surface area contributed by atoms with Gasteiger partial charge in [0.2, 0.25) is 0 Å². The van der Waals surface area contributed by atoms with Gasteiger partial charge in [-0.15, -0.1) is 0 Å². The van der Waals surface area contributed by atoms with Crippen LogP contribution in [0.15, 0.2) is 78.4 Å². The van der Waals surface area contributed by atoms with E-state index in [0.29, 0.717) is 21.9 Å². The smallest absolute Gasteiger partial charge is 0.273 e. The molecule has 1 heterocycles. The van der Waals surface area contributed by atoms with E-state index in [0.717, 1.165) is 17.2 Å². The van der Waals surface area contributed by atoms with E-state index in [4.69, 9.17) is 11.6 Å². The van der Waals surface area contributed by atoms with Crippen molar-refractivity contribution in [3.05, 3.63) is 110 Å². The lowest BCUT2D eigenvalue weighted by Gasteiger charge is -2.26. The number of amides is 4. The Labute approximate surface area is 193 Å². The van der Waals surface area contributed by atoms with Gasteiger partial charge in [0.05, 0.1) is 10.6 Å². The number of non-ortho nitro benzene ring substituents is 1. The number of anilines is 1. The Morgan fingerprint density at radius 1 is 0.939 bits per heavy atom. The third kappa shape index (κ3) is 4.51. The van der Waals surface area contributed by atoms with E-state index in [9.17, 15) is 24.5 Å². The maximum Gasteiger partial charge on any atom is 0.335 e. The van der Waals surface area contributed by atoms with E-state index >= 15 is 0 Å². The number of hydrogen-bond donors (Lipinski definition) is 1. The van der Waals surface area contributed by atoms with Gasteiger partial charge in [-0.25, -0.2) is 9.69 Å². The highest BCUT2D eigenvalue weighted by molar-refractivity contribution is 6.39. The molecule has 0 saturated carbocycles. The number of barbiturate groups is 1. The van der Waals surface area contributed by atoms with Gasteiger partial charge < -0.3 is 0 Å². The summed E-state index contributed by atoms with van der Waals surface area (Å²) < 4.78 is 0. The van der Waals surface area contributed by atoms with Crippen LogP contribution in [0.1, 0.15) is 16.7 Å². The molecule has 0 radical (unpaired) electrons. The quantitative estimate of drug-likeness (QED) is 0.260. The zero-order valence-corrected chi connectivity index (χ0v) is 17.8. The molecule has 4 amide bonds. The van der Waals surface area contributed by atoms with Crippen LogP contribution in [0.25, 0.3) is 6.08 Å². The second-order valence-corrected chi connectivity index (χ2v) is 7.61. The molecule has 0 unspecified atom stereocenters. The molecule has 1 fully saturated rings. The Bertz CT molecular complexity index is 1330. The summed E-state index contributed by atoms with van der Waals surface area (Å²) in [4.78, 5) is 49.2. The van der Waals surface area contributed by atoms with E-state index in [2.05, 4.69) is 5.32 Å². The summed E-state index contributed by atoms with van der Waals surface area (Å²) in [5.74, 6) is -1.73. The SMILES string of the molecule is O=C1NC(=O)N(c2cccc([N+](=O)[O-])c2)C(=O)/C1=C/c1ccccc1Cc1ccccc1Cl. The van der Waals surface area contributed by atoms with Crippen LogP contribution in [0.5, 0.6) is 0 Å². The first-order valence-corrected chi connectivity index (χ1v) is 10.2. The van der Waals surface area contributed by atoms with Crippen LogP contribution in [0.2, 0.25) is 5.02 Å². The number of rotatable bonds is 5. The first kappa shape index (κ1) is 21.9. The molecule has 1 saturated heterocycles. The van der Waals surface area contributed by atoms with Crippen molar-refractivity contribution in [2.24, 2.45) is 0 Å². The molecule has 0 aliphatic carbocycles. The zero-order valence-electron chi connectivity index (χ0n) is 17.0. The second-order valence-electron chi connectivity index (χ2n) is 7.20. The third-order valence-electron chi connectivity index (χ3n) is 5.09. The van der Waals surface area contributed by atoms with Gasteiger partial charge in [-0.3, -0.25) is 25.0 Å². The molecule has 33 heavy (non-hydrogen) atoms. The summed E-state index contributed by atoms with van der Waals surface area (Å²) >= 11 is 6.28. The first-order chi connectivity index (χ1) is 15.8. The second kappa shape index (κ2) is 9.05. The fraction of sp³-hybridized carbons (Fsp3) is 0.0417. The maximum absolute atomic E-state index is 13.1. The van der Waals surface area contributed by atoms with Crippen molar-refractivity contribution in [2.45, 2.75) is 6.42 Å². The number of halogens is 1. The molecular weight excluding hydrogens is 446 g/mol. The largest absolute Gasteiger partial charge is 0.335 e. The lowest BCUT2D eigenvalue weighted by molar-refractivity contribution is -0.384. The third-order valence-corrected chi connectivity index (χ3v) is 5.46. The van der Waals surface area contributed by atoms with Gasteiger partial charge in [0.1, 0.15) is 5.57 Å². The van der Waals surface area contributed by atoms with E-state index in [-0.39, 0.29) is 16.9 Å². The fourth-order valence-electron chi connectivity index (χ4n) is 3.48. The molecule has 1 aliphatic heterocycles. The standard InChI is InChI=1S/C24H16ClN3O5/c25-21-11-4-3-8-17(21)12-15-6-1-2-7-16(15)13-20-22(29)26-24(31)27(23(20)30)18-9-5-10-19(14-18)28(32)33/h1-11,13-14H,12H2,(H,26,29,31)/b20-13+. The number of carbonyl (C=O) groups excluding carboxylic acids is 3. The Morgan fingerprint density at radius 3 is 2.36 bits per heavy atom. The summed E-state index contributed by atoms with van der Waals surface area (Å²) in [5, 5.41) is 13.8. The molecule has 3 aromatic carbocycles. The fourth-order valence-corrected chi connectivity index (χ4v) is 3.68. The van der Waals surface area contributed by atoms with Crippen molar-refractivity contribution in [3.63, 3.8) is 0 Å². The van der Waals surface area contributed by atoms with Gasteiger partial charge in [-0.05, 0) is 41.3 Å². The summed E-state index contributed by atoms with van der Waals surface area (Å²) in [6.45, 7) is 0. The van der Waals surface area contributed by atoms with Crippen LogP contribution in [-0.4, -0.2) is 22.8 Å². The van der Waals surface area contributed by atoms with Crippen LogP contribution in [-0.2, 0) is 16.0 Å². The molecular formula is C24H16ClN3O5. The van der Waals surface area contributed by atoms with Gasteiger partial charge >= 0.3 is 6.03 Å². The topological polar surface area (TPSA) is 110 Å². The minimum absolute atomic E-state index is 0.0190. The van der Waals surface area contributed by atoms with Crippen LogP contribution < -0.4 is 10.2 Å². The maximum atomic E-state index is 13.1. The Hall–Kier alpha value is -4.30. The molecule has 3 aromatic rings. The highest BCUT2D eigenvalue weighted by Crippen LogP contribution is 2.27. The highest BCUT2D eigenvalue weighted by atomic mass is 35.5. The lowest BCUT2D eigenvalue weighted by atomic mass is 9.97. The number of nitro benzene ring substituents is 1. The molecule has 164 valence electrons. The molecule has 0 spiro atoms. The van der Waals surface area contributed by atoms with E-state index in [1.807, 2.05) is 30.3 Å². The van der Waals surface area contributed by atoms with Crippen LogP contribution in [0.3, 0.4) is 0 Å². The van der Waals surface area contributed by atoms with Crippen molar-refractivity contribution >= 4 is 46.9 Å². The molecule has 0 bridgehead atoms. The zero-order chi connectivity index (χ0) is 23.5. The normalized spacial score (nSPS) is 15.0. The van der Waals surface area contributed by atoms with Crippen LogP contribution in [0.4, 0.5) is 16.2 Å². The summed E-state index contributed by atoms with van der Waals surface area (Å²) in [7, 11) is 0. The van der Waals surface area contributed by atoms with Gasteiger partial charge in [0.25, 0.3) is 17.5 Å². The molecule has 9 heteroatoms. The number of benzene rings is 3. The minimum Gasteiger partial charge on any atom is -0.273 e. The number of nitrogens with zero attached hydrogens (tertiary/aromatic N) is 2. The van der Waals surface area contributed by atoms with E-state index in [1.54, 1.807) is 18.2 Å². The summed E-state index contributed by atoms with van der Waals surface area (Å²) in [5.41, 5.74) is 1.71. The average Bonchev–Trinajstić information content (AvgIpc) is 2.79. The molecule has 4 rings (SSSR count). The first-order valence-electron chi connectivity index (χ1n) is 9.82. The van der Waals surface area contributed by atoms with Gasteiger partial charge in [0, 0.05) is 17.2 Å². The summed E-state index contributed by atoms with van der Waals surface area (Å²) in [6.07, 6.45) is 1.86. The minimum atomic E-state index is -0.980. The molecule has 1 N–H and O–H groups in total. The number of carbonyl (C=O) groups is 3. The van der Waals surface area contributed by atoms with Gasteiger partial charge in [-0.1, -0.05) is 60.1 Å². The number of hydrogen-bond acceptors (Lipinski definition) is 5. The number of nitrogens with one attached hydrogen (secondary N) is 1. The Balaban J connectivity index is 1.73. The Kier molecular flexibility index (Phi) is 6.01. The predicted octanol–water partition coefficient (Wildman–Crippen LogP) is 4.51. The molecule has 8 nitrogen and oxygen atoms in total. The summed E-state index contributed by atoms with van der Waals surface area (Å²) in [6, 6.07) is 18.6. The van der Waals surface area contributed by atoms with Crippen molar-refractivity contribution in [1.29, 1.82) is 0 Å². The Morgan fingerprint density at radius 2 is 1.64 bits per heavy atom. The van der Waals surface area contributed by atoms with Gasteiger partial charge in [0.15, 0.2) is 0 Å². The highest BCUT2D eigenvalue weighted by Gasteiger charge is 2.37. The van der Waals surface area contributed by atoms with Crippen molar-refractivity contribution in [1.82, 2.24) is 5.32 Å². The predicted molar refractivity (Wildman–Crippen MR) is 123 cm³/mol. The van der Waals surface area contributed by atoms with Crippen LogP contribution >= 0.6 is 11.6 Å². The van der Waals surface area contributed by atoms with Crippen molar-refractivity contribution < 1.29 is 19.3 Å². The van der Waals surface area contributed by atoms with Crippen LogP contribution in [0, 0.1) is 10.1 Å². The van der Waals surface area contributed by atoms with E-state index < -0.39 is 22.8 Å². The van der Waals surface area contributed by atoms with E-state index in [1.165, 1.54) is 24.3 Å². The lowest BCUT2D eigenvalue weighted by Crippen LogP contribution is -2.54. The molecule has 0 atom stereocenters. The number of urea groups is 1. The molecule has 1 aliphatic rings. The van der Waals surface area contributed by atoms with Crippen molar-refractivity contribution in [3.8, 4) is 0 Å². The number of imide groups is 2. The monoisotopic (exact) mass is 461 g/mol. The molecule has 0 aromatic heterocycles. The number of nitro groups is 1. The average molecular weight is 462 g/mol. The van der Waals surface area contributed by atoms with Crippen molar-refractivity contribution in [2.75, 3.05) is 4.90 Å².